The van der Waals surface area contributed by atoms with Crippen molar-refractivity contribution in [1.29, 1.82) is 0 Å². The van der Waals surface area contributed by atoms with Gasteiger partial charge in [-0.1, -0.05) is 6.07 Å². The Balaban J connectivity index is 2.09. The molecule has 2 rings (SSSR count). The van der Waals surface area contributed by atoms with E-state index in [4.69, 9.17) is 0 Å². The zero-order chi connectivity index (χ0) is 15.5. The molecule has 0 aromatic carbocycles. The van der Waals surface area contributed by atoms with Crippen molar-refractivity contribution in [3.63, 3.8) is 0 Å². The zero-order valence-corrected chi connectivity index (χ0v) is 14.1. The Morgan fingerprint density at radius 2 is 1.95 bits per heavy atom. The molecular formula is C16H22N4S. The molecule has 0 unspecified atom stereocenters. The first-order chi connectivity index (χ1) is 9.83. The lowest BCUT2D eigenvalue weighted by Crippen LogP contribution is -2.35. The van der Waals surface area contributed by atoms with Crippen molar-refractivity contribution >= 4 is 11.8 Å². The molecule has 0 radical (unpaired) electrons. The third kappa shape index (κ3) is 5.10. The van der Waals surface area contributed by atoms with E-state index in [-0.39, 0.29) is 5.54 Å². The van der Waals surface area contributed by atoms with E-state index < -0.39 is 0 Å². The van der Waals surface area contributed by atoms with Gasteiger partial charge in [-0.3, -0.25) is 0 Å². The number of nitrogens with one attached hydrogen (secondary N) is 1. The van der Waals surface area contributed by atoms with Crippen LogP contribution in [0, 0.1) is 13.8 Å². The van der Waals surface area contributed by atoms with Crippen molar-refractivity contribution in [3.8, 4) is 0 Å². The van der Waals surface area contributed by atoms with Crippen LogP contribution in [0.3, 0.4) is 0 Å². The van der Waals surface area contributed by atoms with Crippen molar-refractivity contribution in [3.05, 3.63) is 41.3 Å². The van der Waals surface area contributed by atoms with Gasteiger partial charge in [-0.25, -0.2) is 15.0 Å². The highest BCUT2D eigenvalue weighted by molar-refractivity contribution is 7.99. The summed E-state index contributed by atoms with van der Waals surface area (Å²) in [7, 11) is 0. The number of aryl methyl sites for hydroxylation is 2. The van der Waals surface area contributed by atoms with E-state index in [2.05, 4.69) is 54.0 Å². The van der Waals surface area contributed by atoms with Gasteiger partial charge in [0.2, 0.25) is 0 Å². The molecular weight excluding hydrogens is 280 g/mol. The summed E-state index contributed by atoms with van der Waals surface area (Å²) in [5.74, 6) is 0. The van der Waals surface area contributed by atoms with Crippen LogP contribution in [0.5, 0.6) is 0 Å². The molecule has 0 saturated heterocycles. The summed E-state index contributed by atoms with van der Waals surface area (Å²) < 4.78 is 0. The van der Waals surface area contributed by atoms with Crippen molar-refractivity contribution < 1.29 is 0 Å². The fourth-order valence-corrected chi connectivity index (χ4v) is 2.55. The highest BCUT2D eigenvalue weighted by Crippen LogP contribution is 2.26. The topological polar surface area (TPSA) is 50.7 Å². The van der Waals surface area contributed by atoms with E-state index in [9.17, 15) is 0 Å². The quantitative estimate of drug-likeness (QED) is 0.876. The molecule has 0 aliphatic rings. The van der Waals surface area contributed by atoms with Crippen molar-refractivity contribution in [2.45, 2.75) is 56.9 Å². The Hall–Kier alpha value is -1.46. The van der Waals surface area contributed by atoms with E-state index in [0.717, 1.165) is 28.0 Å². The van der Waals surface area contributed by atoms with E-state index in [0.29, 0.717) is 0 Å². The third-order valence-corrected chi connectivity index (χ3v) is 3.87. The van der Waals surface area contributed by atoms with Crippen LogP contribution in [-0.4, -0.2) is 20.5 Å². The van der Waals surface area contributed by atoms with Gasteiger partial charge in [0, 0.05) is 30.2 Å². The summed E-state index contributed by atoms with van der Waals surface area (Å²) >= 11 is 1.51. The minimum atomic E-state index is 0.108. The lowest BCUT2D eigenvalue weighted by Gasteiger charge is -2.20. The van der Waals surface area contributed by atoms with Gasteiger partial charge in [0.15, 0.2) is 5.16 Å². The van der Waals surface area contributed by atoms with Gasteiger partial charge in [-0.2, -0.15) is 0 Å². The van der Waals surface area contributed by atoms with Crippen LogP contribution in [0.15, 0.2) is 34.7 Å². The highest BCUT2D eigenvalue weighted by atomic mass is 32.2. The molecule has 5 heteroatoms. The third-order valence-electron chi connectivity index (χ3n) is 2.87. The maximum atomic E-state index is 4.55. The lowest BCUT2D eigenvalue weighted by molar-refractivity contribution is 0.424. The number of nitrogens with zero attached hydrogens (tertiary/aromatic N) is 3. The fraction of sp³-hybridized carbons (Fsp3) is 0.438. The number of hydrogen-bond donors (Lipinski definition) is 1. The Morgan fingerprint density at radius 1 is 1.19 bits per heavy atom. The molecule has 1 N–H and O–H groups in total. The first-order valence-corrected chi connectivity index (χ1v) is 7.83. The summed E-state index contributed by atoms with van der Waals surface area (Å²) in [6.07, 6.45) is 3.70. The number of aromatic nitrogens is 3. The number of rotatable bonds is 4. The molecule has 0 fully saturated rings. The summed E-state index contributed by atoms with van der Waals surface area (Å²) in [5.41, 5.74) is 3.42. The summed E-state index contributed by atoms with van der Waals surface area (Å²) in [4.78, 5) is 13.2. The zero-order valence-electron chi connectivity index (χ0n) is 13.3. The normalized spacial score (nSPS) is 11.7. The molecule has 0 aliphatic heterocycles. The molecule has 2 aromatic heterocycles. The summed E-state index contributed by atoms with van der Waals surface area (Å²) in [6.45, 7) is 11.3. The van der Waals surface area contributed by atoms with Crippen molar-refractivity contribution in [2.24, 2.45) is 0 Å². The standard InChI is InChI=1S/C16H22N4S/c1-11-8-13(10-19-16(3,4)5)9-18-14(11)21-15-17-7-6-12(2)20-15/h6-9,19H,10H2,1-5H3. The monoisotopic (exact) mass is 302 g/mol. The van der Waals surface area contributed by atoms with Crippen LogP contribution in [0.25, 0.3) is 0 Å². The van der Waals surface area contributed by atoms with Gasteiger partial charge in [0.1, 0.15) is 5.03 Å². The van der Waals surface area contributed by atoms with Crippen LogP contribution < -0.4 is 5.32 Å². The van der Waals surface area contributed by atoms with Crippen LogP contribution >= 0.6 is 11.8 Å². The molecule has 0 spiro atoms. The largest absolute Gasteiger partial charge is 0.308 e. The Morgan fingerprint density at radius 3 is 2.57 bits per heavy atom. The van der Waals surface area contributed by atoms with Crippen LogP contribution in [0.4, 0.5) is 0 Å². The molecule has 0 saturated carbocycles. The van der Waals surface area contributed by atoms with Crippen LogP contribution in [-0.2, 0) is 6.54 Å². The van der Waals surface area contributed by atoms with Crippen molar-refractivity contribution in [1.82, 2.24) is 20.3 Å². The number of hydrogen-bond acceptors (Lipinski definition) is 5. The molecule has 4 nitrogen and oxygen atoms in total. The molecule has 21 heavy (non-hydrogen) atoms. The Bertz CT molecular complexity index is 620. The Kier molecular flexibility index (Phi) is 4.96. The van der Waals surface area contributed by atoms with Crippen molar-refractivity contribution in [2.75, 3.05) is 0 Å². The SMILES string of the molecule is Cc1ccnc(Sc2ncc(CNC(C)(C)C)cc2C)n1. The van der Waals surface area contributed by atoms with E-state index >= 15 is 0 Å². The maximum Gasteiger partial charge on any atom is 0.194 e. The van der Waals surface area contributed by atoms with Crippen LogP contribution in [0.1, 0.15) is 37.6 Å². The molecule has 0 amide bonds. The van der Waals surface area contributed by atoms with Gasteiger partial charge in [0.25, 0.3) is 0 Å². The van der Waals surface area contributed by atoms with E-state index in [1.165, 1.54) is 17.3 Å². The maximum absolute atomic E-state index is 4.55. The van der Waals surface area contributed by atoms with Gasteiger partial charge < -0.3 is 5.32 Å². The minimum Gasteiger partial charge on any atom is -0.308 e. The smallest absolute Gasteiger partial charge is 0.194 e. The average Bonchev–Trinajstić information content (AvgIpc) is 2.38. The van der Waals surface area contributed by atoms with E-state index in [1.54, 1.807) is 6.20 Å². The van der Waals surface area contributed by atoms with Gasteiger partial charge in [-0.15, -0.1) is 0 Å². The Labute approximate surface area is 130 Å². The summed E-state index contributed by atoms with van der Waals surface area (Å²) in [5, 5.41) is 5.17. The molecule has 2 aromatic rings. The average molecular weight is 302 g/mol. The van der Waals surface area contributed by atoms with Crippen LogP contribution in [0.2, 0.25) is 0 Å². The molecule has 112 valence electrons. The molecule has 2 heterocycles. The number of pyridine rings is 1. The highest BCUT2D eigenvalue weighted by Gasteiger charge is 2.10. The minimum absolute atomic E-state index is 0.108. The lowest BCUT2D eigenvalue weighted by atomic mass is 10.1. The van der Waals surface area contributed by atoms with E-state index in [1.807, 2.05) is 19.2 Å². The van der Waals surface area contributed by atoms with Gasteiger partial charge >= 0.3 is 0 Å². The predicted octanol–water partition coefficient (Wildman–Crippen LogP) is 3.53. The second-order valence-corrected chi connectivity index (χ2v) is 7.11. The second-order valence-electron chi connectivity index (χ2n) is 6.15. The van der Waals surface area contributed by atoms with Gasteiger partial charge in [0.05, 0.1) is 0 Å². The predicted molar refractivity (Wildman–Crippen MR) is 86.5 cm³/mol. The second kappa shape index (κ2) is 6.54. The molecule has 0 atom stereocenters. The first kappa shape index (κ1) is 15.9. The fourth-order valence-electron chi connectivity index (χ4n) is 1.75. The molecule has 0 bridgehead atoms. The molecule has 0 aliphatic carbocycles. The first-order valence-electron chi connectivity index (χ1n) is 7.01. The summed E-state index contributed by atoms with van der Waals surface area (Å²) in [6, 6.07) is 4.06. The van der Waals surface area contributed by atoms with Gasteiger partial charge in [-0.05, 0) is 63.6 Å².